The number of carbonyl (C=O) groups excluding carboxylic acids is 2. The van der Waals surface area contributed by atoms with E-state index in [0.29, 0.717) is 41.8 Å². The fourth-order valence-corrected chi connectivity index (χ4v) is 6.26. The molecule has 0 bridgehead atoms. The largest absolute Gasteiger partial charge is 0.497 e. The van der Waals surface area contributed by atoms with E-state index in [2.05, 4.69) is 0 Å². The molecule has 10 heteroatoms. The molecule has 1 atom stereocenters. The zero-order chi connectivity index (χ0) is 20.6. The lowest BCUT2D eigenvalue weighted by Gasteiger charge is -2.36. The lowest BCUT2D eigenvalue weighted by atomic mass is 10.2. The van der Waals surface area contributed by atoms with Gasteiger partial charge in [-0.15, -0.1) is 11.3 Å². The number of sulfonamides is 1. The lowest BCUT2D eigenvalue weighted by Crippen LogP contribution is -2.53. The van der Waals surface area contributed by atoms with Crippen LogP contribution in [0.3, 0.4) is 0 Å². The molecular formula is C19H21N3O5S2. The predicted octanol–water partition coefficient (Wildman–Crippen LogP) is 1.40. The van der Waals surface area contributed by atoms with Gasteiger partial charge in [-0.25, -0.2) is 13.3 Å². The monoisotopic (exact) mass is 435 g/mol. The van der Waals surface area contributed by atoms with Crippen LogP contribution in [0.5, 0.6) is 5.75 Å². The smallest absolute Gasteiger partial charge is 0.252 e. The first-order chi connectivity index (χ1) is 13.9. The average molecular weight is 436 g/mol. The second kappa shape index (κ2) is 7.86. The summed E-state index contributed by atoms with van der Waals surface area (Å²) in [6, 6.07) is 9.53. The highest BCUT2D eigenvalue weighted by molar-refractivity contribution is 7.91. The number of benzene rings is 1. The van der Waals surface area contributed by atoms with Crippen LogP contribution in [-0.2, 0) is 19.6 Å². The maximum absolute atomic E-state index is 12.9. The van der Waals surface area contributed by atoms with E-state index in [1.165, 1.54) is 20.5 Å². The summed E-state index contributed by atoms with van der Waals surface area (Å²) >= 11 is 1.19. The summed E-state index contributed by atoms with van der Waals surface area (Å²) in [6.07, 6.45) is 0.0997. The molecule has 0 aliphatic carbocycles. The molecule has 1 aromatic heterocycles. The van der Waals surface area contributed by atoms with E-state index in [1.54, 1.807) is 48.9 Å². The minimum Gasteiger partial charge on any atom is -0.497 e. The van der Waals surface area contributed by atoms with Crippen LogP contribution in [0.25, 0.3) is 0 Å². The molecule has 2 aliphatic heterocycles. The standard InChI is InChI=1S/C19H21N3O5S2/c1-27-15-6-4-14(5-7-15)22-17(23)13-16(19(22)24)20-8-10-21(11-9-20)29(25,26)18-3-2-12-28-18/h2-7,12,16H,8-11,13H2,1H3/t16-/m1/s1. The second-order valence-electron chi connectivity index (χ2n) is 6.86. The van der Waals surface area contributed by atoms with Crippen LogP contribution in [-0.4, -0.2) is 68.8 Å². The Morgan fingerprint density at radius 3 is 2.31 bits per heavy atom. The van der Waals surface area contributed by atoms with Gasteiger partial charge in [0.25, 0.3) is 15.9 Å². The molecular weight excluding hydrogens is 414 g/mol. The van der Waals surface area contributed by atoms with Gasteiger partial charge in [0, 0.05) is 26.2 Å². The van der Waals surface area contributed by atoms with E-state index in [1.807, 2.05) is 4.90 Å². The Morgan fingerprint density at radius 1 is 1.03 bits per heavy atom. The van der Waals surface area contributed by atoms with Gasteiger partial charge in [0.05, 0.1) is 25.3 Å². The van der Waals surface area contributed by atoms with Gasteiger partial charge in [0.2, 0.25) is 5.91 Å². The maximum atomic E-state index is 12.9. The zero-order valence-electron chi connectivity index (χ0n) is 15.9. The van der Waals surface area contributed by atoms with Crippen molar-refractivity contribution in [2.45, 2.75) is 16.7 Å². The molecule has 2 saturated heterocycles. The lowest BCUT2D eigenvalue weighted by molar-refractivity contribution is -0.123. The van der Waals surface area contributed by atoms with Crippen LogP contribution in [0.2, 0.25) is 0 Å². The number of thiophene rings is 1. The van der Waals surface area contributed by atoms with Crippen LogP contribution in [0.1, 0.15) is 6.42 Å². The number of piperazine rings is 1. The molecule has 2 fully saturated rings. The highest BCUT2D eigenvalue weighted by Crippen LogP contribution is 2.29. The van der Waals surface area contributed by atoms with Gasteiger partial charge in [-0.1, -0.05) is 6.07 Å². The van der Waals surface area contributed by atoms with Crippen molar-refractivity contribution in [3.8, 4) is 5.75 Å². The van der Waals surface area contributed by atoms with Gasteiger partial charge in [-0.05, 0) is 35.7 Å². The molecule has 0 saturated carbocycles. The molecule has 0 unspecified atom stereocenters. The van der Waals surface area contributed by atoms with E-state index >= 15 is 0 Å². The summed E-state index contributed by atoms with van der Waals surface area (Å²) in [7, 11) is -1.95. The summed E-state index contributed by atoms with van der Waals surface area (Å²) in [5, 5.41) is 1.74. The SMILES string of the molecule is COc1ccc(N2C(=O)C[C@@H](N3CCN(S(=O)(=O)c4cccs4)CC3)C2=O)cc1. The van der Waals surface area contributed by atoms with E-state index in [4.69, 9.17) is 4.74 Å². The van der Waals surface area contributed by atoms with Crippen molar-refractivity contribution in [2.75, 3.05) is 38.2 Å². The van der Waals surface area contributed by atoms with Crippen LogP contribution in [0.4, 0.5) is 5.69 Å². The normalized spacial score (nSPS) is 21.7. The van der Waals surface area contributed by atoms with Crippen LogP contribution < -0.4 is 9.64 Å². The number of nitrogens with zero attached hydrogens (tertiary/aromatic N) is 3. The zero-order valence-corrected chi connectivity index (χ0v) is 17.5. The third-order valence-corrected chi connectivity index (χ3v) is 8.53. The summed E-state index contributed by atoms with van der Waals surface area (Å²) < 4.78 is 32.2. The summed E-state index contributed by atoms with van der Waals surface area (Å²) in [5.74, 6) is 0.126. The first-order valence-corrected chi connectivity index (χ1v) is 11.5. The van der Waals surface area contributed by atoms with Crippen molar-refractivity contribution in [1.82, 2.24) is 9.21 Å². The molecule has 3 heterocycles. The van der Waals surface area contributed by atoms with Gasteiger partial charge in [0.1, 0.15) is 9.96 Å². The Hall–Kier alpha value is -2.27. The second-order valence-corrected chi connectivity index (χ2v) is 9.97. The summed E-state index contributed by atoms with van der Waals surface area (Å²) in [5.41, 5.74) is 0.516. The van der Waals surface area contributed by atoms with Gasteiger partial charge in [-0.2, -0.15) is 4.31 Å². The van der Waals surface area contributed by atoms with Gasteiger partial charge in [0.15, 0.2) is 0 Å². The molecule has 0 radical (unpaired) electrons. The molecule has 29 heavy (non-hydrogen) atoms. The van der Waals surface area contributed by atoms with E-state index in [9.17, 15) is 18.0 Å². The maximum Gasteiger partial charge on any atom is 0.252 e. The molecule has 0 spiro atoms. The molecule has 1 aromatic carbocycles. The van der Waals surface area contributed by atoms with E-state index in [0.717, 1.165) is 0 Å². The topological polar surface area (TPSA) is 87.2 Å². The van der Waals surface area contributed by atoms with E-state index < -0.39 is 16.1 Å². The number of hydrogen-bond donors (Lipinski definition) is 0. The Bertz CT molecular complexity index is 997. The molecule has 4 rings (SSSR count). The first kappa shape index (κ1) is 20.0. The number of ether oxygens (including phenoxy) is 1. The Kier molecular flexibility index (Phi) is 5.43. The molecule has 2 aliphatic rings. The Morgan fingerprint density at radius 2 is 1.72 bits per heavy atom. The fourth-order valence-electron chi connectivity index (χ4n) is 3.70. The molecule has 8 nitrogen and oxygen atoms in total. The quantitative estimate of drug-likeness (QED) is 0.660. The number of anilines is 1. The average Bonchev–Trinajstić information content (AvgIpc) is 3.37. The third kappa shape index (κ3) is 3.68. The number of methoxy groups -OCH3 is 1. The van der Waals surface area contributed by atoms with Gasteiger partial charge in [-0.3, -0.25) is 14.5 Å². The number of carbonyl (C=O) groups is 2. The van der Waals surface area contributed by atoms with Crippen molar-refractivity contribution in [3.63, 3.8) is 0 Å². The Balaban J connectivity index is 1.44. The molecule has 154 valence electrons. The number of hydrogen-bond acceptors (Lipinski definition) is 7. The van der Waals surface area contributed by atoms with E-state index in [-0.39, 0.29) is 18.2 Å². The van der Waals surface area contributed by atoms with Crippen LogP contribution >= 0.6 is 11.3 Å². The summed E-state index contributed by atoms with van der Waals surface area (Å²) in [4.78, 5) is 28.6. The number of amides is 2. The third-order valence-electron chi connectivity index (χ3n) is 5.26. The van der Waals surface area contributed by atoms with Crippen molar-refractivity contribution in [1.29, 1.82) is 0 Å². The minimum absolute atomic E-state index is 0.0997. The number of imide groups is 1. The number of rotatable bonds is 5. The van der Waals surface area contributed by atoms with Crippen LogP contribution in [0, 0.1) is 0 Å². The van der Waals surface area contributed by atoms with Crippen molar-refractivity contribution in [3.05, 3.63) is 41.8 Å². The summed E-state index contributed by atoms with van der Waals surface area (Å²) in [6.45, 7) is 1.40. The highest BCUT2D eigenvalue weighted by Gasteiger charge is 2.44. The van der Waals surface area contributed by atoms with Gasteiger partial charge < -0.3 is 4.74 Å². The highest BCUT2D eigenvalue weighted by atomic mass is 32.2. The van der Waals surface area contributed by atoms with Crippen molar-refractivity contribution < 1.29 is 22.7 Å². The Labute approximate surface area is 173 Å². The van der Waals surface area contributed by atoms with Crippen molar-refractivity contribution in [2.24, 2.45) is 0 Å². The van der Waals surface area contributed by atoms with Crippen LogP contribution in [0.15, 0.2) is 46.0 Å². The van der Waals surface area contributed by atoms with Crippen molar-refractivity contribution >= 4 is 38.9 Å². The molecule has 2 aromatic rings. The molecule has 2 amide bonds. The fraction of sp³-hybridized carbons (Fsp3) is 0.368. The predicted molar refractivity (Wildman–Crippen MR) is 109 cm³/mol. The molecule has 0 N–H and O–H groups in total. The first-order valence-electron chi connectivity index (χ1n) is 9.20. The van der Waals surface area contributed by atoms with Gasteiger partial charge >= 0.3 is 0 Å². The minimum atomic E-state index is -3.50.